The molecule has 3 atom stereocenters. The second kappa shape index (κ2) is 12.0. The molecule has 7 heteroatoms. The highest BCUT2D eigenvalue weighted by Crippen LogP contribution is 2.39. The van der Waals surface area contributed by atoms with E-state index < -0.39 is 11.5 Å². The van der Waals surface area contributed by atoms with Crippen LogP contribution in [-0.4, -0.2) is 72.1 Å². The summed E-state index contributed by atoms with van der Waals surface area (Å²) in [5, 5.41) is 14.1. The van der Waals surface area contributed by atoms with Crippen molar-refractivity contribution in [2.24, 2.45) is 0 Å². The third-order valence-electron chi connectivity index (χ3n) is 7.91. The molecule has 1 saturated heterocycles. The average Bonchev–Trinajstić information content (AvgIpc) is 2.94. The van der Waals surface area contributed by atoms with Gasteiger partial charge in [-0.1, -0.05) is 72.3 Å². The Labute approximate surface area is 231 Å². The first-order valence-electron chi connectivity index (χ1n) is 13.6. The molecular formula is C32H40N4O3. The predicted molar refractivity (Wildman–Crippen MR) is 155 cm³/mol. The molecule has 3 aromatic rings. The van der Waals surface area contributed by atoms with E-state index in [2.05, 4.69) is 17.1 Å². The molecule has 3 aromatic carbocycles. The number of nitrogens with zero attached hydrogens (tertiary/aromatic N) is 2. The number of hydrogen-bond donors (Lipinski definition) is 3. The molecule has 39 heavy (non-hydrogen) atoms. The van der Waals surface area contributed by atoms with E-state index in [-0.39, 0.29) is 23.9 Å². The number of carbonyl (C=O) groups is 2. The van der Waals surface area contributed by atoms with Crippen LogP contribution >= 0.6 is 0 Å². The maximum Gasteiger partial charge on any atom is 0.253 e. The molecule has 0 aliphatic carbocycles. The zero-order chi connectivity index (χ0) is 28.2. The van der Waals surface area contributed by atoms with E-state index in [9.17, 15) is 14.7 Å². The zero-order valence-corrected chi connectivity index (χ0v) is 23.3. The molecule has 1 aliphatic heterocycles. The standard InChI is InChI=1S/C32H40N4O3/c1-22-15-16-27(33)26(19-22)30(38)34-28-17-18-36(21-29(28)37)23(2)20-32(31(39)35(3)4,24-11-7-5-8-12-24)25-13-9-6-10-14-25/h5-16,19,23,28-29,37H,17-18,20-21,33H2,1-4H3,(H,34,38)/t23?,28-,29-/m0/s1. The van der Waals surface area contributed by atoms with Crippen molar-refractivity contribution in [1.29, 1.82) is 0 Å². The fraction of sp³-hybridized carbons (Fsp3) is 0.375. The smallest absolute Gasteiger partial charge is 0.253 e. The summed E-state index contributed by atoms with van der Waals surface area (Å²) in [7, 11) is 3.60. The van der Waals surface area contributed by atoms with Crippen molar-refractivity contribution in [2.75, 3.05) is 32.9 Å². The Hall–Kier alpha value is -3.68. The molecule has 206 valence electrons. The van der Waals surface area contributed by atoms with Crippen molar-refractivity contribution >= 4 is 17.5 Å². The molecule has 2 amide bonds. The first-order chi connectivity index (χ1) is 18.6. The van der Waals surface area contributed by atoms with Gasteiger partial charge < -0.3 is 21.1 Å². The van der Waals surface area contributed by atoms with Gasteiger partial charge in [0, 0.05) is 38.9 Å². The van der Waals surface area contributed by atoms with Gasteiger partial charge in [-0.15, -0.1) is 0 Å². The van der Waals surface area contributed by atoms with E-state index in [1.807, 2.05) is 73.7 Å². The van der Waals surface area contributed by atoms with Crippen LogP contribution in [0.3, 0.4) is 0 Å². The number of rotatable bonds is 8. The number of likely N-dealkylation sites (tertiary alicyclic amines) is 1. The first kappa shape index (κ1) is 28.3. The van der Waals surface area contributed by atoms with Crippen molar-refractivity contribution in [3.05, 3.63) is 101 Å². The second-order valence-electron chi connectivity index (χ2n) is 10.9. The number of aliphatic hydroxyl groups is 1. The third kappa shape index (κ3) is 6.00. The molecule has 4 N–H and O–H groups in total. The summed E-state index contributed by atoms with van der Waals surface area (Å²) < 4.78 is 0. The summed E-state index contributed by atoms with van der Waals surface area (Å²) in [4.78, 5) is 30.8. The average molecular weight is 529 g/mol. The monoisotopic (exact) mass is 528 g/mol. The Morgan fingerprint density at radius 2 is 1.64 bits per heavy atom. The van der Waals surface area contributed by atoms with Gasteiger partial charge in [-0.2, -0.15) is 0 Å². The minimum absolute atomic E-state index is 0.0187. The first-order valence-corrected chi connectivity index (χ1v) is 13.6. The molecule has 0 bridgehead atoms. The Bertz CT molecular complexity index is 1240. The number of hydrogen-bond acceptors (Lipinski definition) is 5. The SMILES string of the molecule is Cc1ccc(N)c(C(=O)N[C@H]2CCN(C(C)CC(C(=O)N(C)C)(c3ccccc3)c3ccccc3)C[C@@H]2O)c1. The third-order valence-corrected chi connectivity index (χ3v) is 7.91. The summed E-state index contributed by atoms with van der Waals surface area (Å²) in [6.45, 7) is 5.10. The summed E-state index contributed by atoms with van der Waals surface area (Å²) in [6, 6.07) is 24.9. The maximum atomic E-state index is 14.0. The fourth-order valence-electron chi connectivity index (χ4n) is 5.77. The van der Waals surface area contributed by atoms with Gasteiger partial charge >= 0.3 is 0 Å². The van der Waals surface area contributed by atoms with Crippen LogP contribution in [0.25, 0.3) is 0 Å². The Balaban J connectivity index is 1.55. The van der Waals surface area contributed by atoms with Crippen molar-refractivity contribution in [3.8, 4) is 0 Å². The quantitative estimate of drug-likeness (QED) is 0.388. The van der Waals surface area contributed by atoms with E-state index >= 15 is 0 Å². The fourth-order valence-corrected chi connectivity index (χ4v) is 5.77. The van der Waals surface area contributed by atoms with Gasteiger partial charge in [-0.25, -0.2) is 0 Å². The lowest BCUT2D eigenvalue weighted by atomic mass is 9.69. The number of anilines is 1. The van der Waals surface area contributed by atoms with Crippen LogP contribution < -0.4 is 11.1 Å². The molecule has 1 heterocycles. The van der Waals surface area contributed by atoms with E-state index in [0.717, 1.165) is 16.7 Å². The molecule has 1 unspecified atom stereocenters. The predicted octanol–water partition coefficient (Wildman–Crippen LogP) is 3.60. The number of nitrogens with two attached hydrogens (primary N) is 1. The van der Waals surface area contributed by atoms with Gasteiger partial charge in [-0.05, 0) is 49.9 Å². The molecule has 0 radical (unpaired) electrons. The van der Waals surface area contributed by atoms with Crippen LogP contribution in [0, 0.1) is 6.92 Å². The number of likely N-dealkylation sites (N-methyl/N-ethyl adjacent to an activating group) is 1. The number of nitrogen functional groups attached to an aromatic ring is 1. The number of aliphatic hydroxyl groups excluding tert-OH is 1. The van der Waals surface area contributed by atoms with E-state index in [1.165, 1.54) is 0 Å². The van der Waals surface area contributed by atoms with Gasteiger partial charge in [0.25, 0.3) is 5.91 Å². The van der Waals surface area contributed by atoms with Crippen LogP contribution in [-0.2, 0) is 10.2 Å². The molecule has 0 saturated carbocycles. The molecule has 7 nitrogen and oxygen atoms in total. The van der Waals surface area contributed by atoms with Gasteiger partial charge in [0.15, 0.2) is 0 Å². The lowest BCUT2D eigenvalue weighted by Crippen LogP contribution is -2.57. The Morgan fingerprint density at radius 1 is 1.05 bits per heavy atom. The molecule has 1 fully saturated rings. The molecule has 1 aliphatic rings. The molecule has 0 spiro atoms. The summed E-state index contributed by atoms with van der Waals surface area (Å²) in [6.07, 6.45) is 0.388. The van der Waals surface area contributed by atoms with E-state index in [4.69, 9.17) is 5.73 Å². The molecular weight excluding hydrogens is 488 g/mol. The summed E-state index contributed by atoms with van der Waals surface area (Å²) >= 11 is 0. The number of β-amino-alcohol motifs (C(OH)–C–C–N with tert-alkyl or cyclic N) is 1. The lowest BCUT2D eigenvalue weighted by molar-refractivity contribution is -0.134. The highest BCUT2D eigenvalue weighted by molar-refractivity contribution is 5.99. The van der Waals surface area contributed by atoms with Crippen molar-refractivity contribution < 1.29 is 14.7 Å². The van der Waals surface area contributed by atoms with Gasteiger partial charge in [-0.3, -0.25) is 14.5 Å². The zero-order valence-electron chi connectivity index (χ0n) is 23.3. The van der Waals surface area contributed by atoms with Crippen molar-refractivity contribution in [2.45, 2.75) is 50.3 Å². The van der Waals surface area contributed by atoms with E-state index in [1.54, 1.807) is 31.1 Å². The van der Waals surface area contributed by atoms with Crippen molar-refractivity contribution in [3.63, 3.8) is 0 Å². The van der Waals surface area contributed by atoms with Gasteiger partial charge in [0.1, 0.15) is 5.41 Å². The van der Waals surface area contributed by atoms with Crippen molar-refractivity contribution in [1.82, 2.24) is 15.1 Å². The van der Waals surface area contributed by atoms with Crippen LogP contribution in [0.4, 0.5) is 5.69 Å². The number of piperidine rings is 1. The highest BCUT2D eigenvalue weighted by Gasteiger charge is 2.45. The minimum Gasteiger partial charge on any atom is -0.398 e. The number of benzene rings is 3. The van der Waals surface area contributed by atoms with Crippen LogP contribution in [0.15, 0.2) is 78.9 Å². The highest BCUT2D eigenvalue weighted by atomic mass is 16.3. The Kier molecular flexibility index (Phi) is 8.73. The Morgan fingerprint density at radius 3 is 2.18 bits per heavy atom. The largest absolute Gasteiger partial charge is 0.398 e. The van der Waals surface area contributed by atoms with Gasteiger partial charge in [0.05, 0.1) is 17.7 Å². The second-order valence-corrected chi connectivity index (χ2v) is 10.9. The summed E-state index contributed by atoms with van der Waals surface area (Å²) in [5.74, 6) is -0.254. The maximum absolute atomic E-state index is 14.0. The van der Waals surface area contributed by atoms with E-state index in [0.29, 0.717) is 37.2 Å². The molecule has 4 rings (SSSR count). The van der Waals surface area contributed by atoms with Crippen LogP contribution in [0.2, 0.25) is 0 Å². The number of carbonyl (C=O) groups excluding carboxylic acids is 2. The minimum atomic E-state index is -0.885. The van der Waals surface area contributed by atoms with Crippen LogP contribution in [0.5, 0.6) is 0 Å². The summed E-state index contributed by atoms with van der Waals surface area (Å²) in [5.41, 5.74) is 8.83. The van der Waals surface area contributed by atoms with Crippen LogP contribution in [0.1, 0.15) is 46.8 Å². The number of nitrogens with one attached hydrogen (secondary N) is 1. The topological polar surface area (TPSA) is 98.9 Å². The number of aryl methyl sites for hydroxylation is 1. The van der Waals surface area contributed by atoms with Gasteiger partial charge in [0.2, 0.25) is 5.91 Å². The normalized spacial score (nSPS) is 18.8. The lowest BCUT2D eigenvalue weighted by Gasteiger charge is -2.44. The molecule has 0 aromatic heterocycles. The number of amides is 2.